The third-order valence-electron chi connectivity index (χ3n) is 3.35. The summed E-state index contributed by atoms with van der Waals surface area (Å²) in [6.45, 7) is 0. The smallest absolute Gasteiger partial charge is 0.340 e. The van der Waals surface area contributed by atoms with Crippen molar-refractivity contribution in [1.29, 1.82) is 0 Å². The topological polar surface area (TPSA) is 60.4 Å². The second-order valence-corrected chi connectivity index (χ2v) is 7.15. The summed E-state index contributed by atoms with van der Waals surface area (Å²) >= 11 is 3.19. The number of hydrogen-bond acceptors (Lipinski definition) is 4. The van der Waals surface area contributed by atoms with Crippen molar-refractivity contribution in [2.24, 2.45) is 0 Å². The van der Waals surface area contributed by atoms with Crippen LogP contribution in [0.1, 0.15) is 10.4 Å². The summed E-state index contributed by atoms with van der Waals surface area (Å²) in [5.41, 5.74) is 0.207. The van der Waals surface area contributed by atoms with Gasteiger partial charge in [0.05, 0.1) is 5.56 Å². The molecule has 0 spiro atoms. The van der Waals surface area contributed by atoms with Crippen LogP contribution in [0, 0.1) is 0 Å². The molecule has 0 N–H and O–H groups in total. The number of carbonyl (C=O) groups is 1. The first-order valence-electron chi connectivity index (χ1n) is 6.69. The summed E-state index contributed by atoms with van der Waals surface area (Å²) in [6.07, 6.45) is 0.604. The SMILES string of the molecule is O=Cc1c(OS(=O)(=O)c2ccccc2Br)ccc2ccccc12. The van der Waals surface area contributed by atoms with Crippen LogP contribution in [0.5, 0.6) is 5.75 Å². The summed E-state index contributed by atoms with van der Waals surface area (Å²) < 4.78 is 30.5. The van der Waals surface area contributed by atoms with E-state index < -0.39 is 10.1 Å². The Kier molecular flexibility index (Phi) is 4.19. The van der Waals surface area contributed by atoms with Crippen LogP contribution in [0.15, 0.2) is 70.0 Å². The Labute approximate surface area is 142 Å². The minimum atomic E-state index is -4.05. The van der Waals surface area contributed by atoms with Gasteiger partial charge in [-0.15, -0.1) is 0 Å². The monoisotopic (exact) mass is 390 g/mol. The van der Waals surface area contributed by atoms with E-state index in [9.17, 15) is 13.2 Å². The van der Waals surface area contributed by atoms with Gasteiger partial charge in [0.15, 0.2) is 12.0 Å². The van der Waals surface area contributed by atoms with Crippen LogP contribution in [0.2, 0.25) is 0 Å². The van der Waals surface area contributed by atoms with E-state index in [2.05, 4.69) is 15.9 Å². The van der Waals surface area contributed by atoms with Gasteiger partial charge in [0.2, 0.25) is 0 Å². The Morgan fingerprint density at radius 2 is 1.61 bits per heavy atom. The average Bonchev–Trinajstić information content (AvgIpc) is 2.54. The highest BCUT2D eigenvalue weighted by molar-refractivity contribution is 9.10. The van der Waals surface area contributed by atoms with Crippen molar-refractivity contribution >= 4 is 43.1 Å². The van der Waals surface area contributed by atoms with Gasteiger partial charge in [0, 0.05) is 4.47 Å². The summed E-state index contributed by atoms with van der Waals surface area (Å²) in [5.74, 6) is 0.00875. The lowest BCUT2D eigenvalue weighted by atomic mass is 10.0. The zero-order valence-corrected chi connectivity index (χ0v) is 14.2. The molecule has 3 rings (SSSR count). The van der Waals surface area contributed by atoms with E-state index in [4.69, 9.17) is 4.18 Å². The standard InChI is InChI=1S/C17H11BrO4S/c18-15-7-3-4-8-17(15)23(20,21)22-16-10-9-12-5-1-2-6-13(12)14(16)11-19/h1-11H. The number of benzene rings is 3. The maximum absolute atomic E-state index is 12.5. The van der Waals surface area contributed by atoms with Crippen LogP contribution in [-0.2, 0) is 10.1 Å². The van der Waals surface area contributed by atoms with Crippen molar-refractivity contribution in [3.63, 3.8) is 0 Å². The van der Waals surface area contributed by atoms with Crippen LogP contribution >= 0.6 is 15.9 Å². The first-order chi connectivity index (χ1) is 11.0. The molecule has 0 aromatic heterocycles. The molecule has 0 heterocycles. The van der Waals surface area contributed by atoms with Crippen molar-refractivity contribution < 1.29 is 17.4 Å². The molecule has 0 aliphatic rings. The van der Waals surface area contributed by atoms with Gasteiger partial charge in [-0.3, -0.25) is 4.79 Å². The van der Waals surface area contributed by atoms with E-state index in [1.54, 1.807) is 36.4 Å². The molecular formula is C17H11BrO4S. The van der Waals surface area contributed by atoms with E-state index in [0.29, 0.717) is 16.1 Å². The van der Waals surface area contributed by atoms with E-state index >= 15 is 0 Å². The van der Waals surface area contributed by atoms with Crippen LogP contribution in [0.3, 0.4) is 0 Å². The van der Waals surface area contributed by atoms with Gasteiger partial charge < -0.3 is 4.18 Å². The number of rotatable bonds is 4. The maximum atomic E-state index is 12.5. The third kappa shape index (κ3) is 3.00. The molecule has 0 saturated carbocycles. The van der Waals surface area contributed by atoms with Crippen molar-refractivity contribution in [3.05, 3.63) is 70.7 Å². The molecule has 0 atom stereocenters. The fraction of sp³-hybridized carbons (Fsp3) is 0. The predicted octanol–water partition coefficient (Wildman–Crippen LogP) is 4.18. The van der Waals surface area contributed by atoms with Gasteiger partial charge in [0.1, 0.15) is 4.90 Å². The normalized spacial score (nSPS) is 11.3. The van der Waals surface area contributed by atoms with Gasteiger partial charge in [-0.25, -0.2) is 0 Å². The van der Waals surface area contributed by atoms with Gasteiger partial charge in [-0.1, -0.05) is 42.5 Å². The lowest BCUT2D eigenvalue weighted by molar-refractivity contribution is 0.112. The molecular weight excluding hydrogens is 380 g/mol. The number of halogens is 1. The molecule has 0 fully saturated rings. The molecule has 0 bridgehead atoms. The van der Waals surface area contributed by atoms with Crippen LogP contribution in [0.25, 0.3) is 10.8 Å². The van der Waals surface area contributed by atoms with E-state index in [1.165, 1.54) is 12.1 Å². The summed E-state index contributed by atoms with van der Waals surface area (Å²) in [7, 11) is -4.05. The van der Waals surface area contributed by atoms with Crippen LogP contribution in [-0.4, -0.2) is 14.7 Å². The molecule has 0 aliphatic carbocycles. The van der Waals surface area contributed by atoms with Crippen molar-refractivity contribution in [2.75, 3.05) is 0 Å². The van der Waals surface area contributed by atoms with Gasteiger partial charge >= 0.3 is 10.1 Å². The fourth-order valence-electron chi connectivity index (χ4n) is 2.28. The van der Waals surface area contributed by atoms with E-state index in [-0.39, 0.29) is 16.2 Å². The number of hydrogen-bond donors (Lipinski definition) is 0. The molecule has 3 aromatic carbocycles. The molecule has 0 saturated heterocycles. The van der Waals surface area contributed by atoms with Crippen molar-refractivity contribution in [1.82, 2.24) is 0 Å². The van der Waals surface area contributed by atoms with Gasteiger partial charge in [0.25, 0.3) is 0 Å². The Morgan fingerprint density at radius 1 is 0.913 bits per heavy atom. The van der Waals surface area contributed by atoms with Gasteiger partial charge in [-0.05, 0) is 44.9 Å². The number of fused-ring (bicyclic) bond motifs is 1. The summed E-state index contributed by atoms with van der Waals surface area (Å²) in [6, 6.07) is 16.8. The zero-order chi connectivity index (χ0) is 16.4. The molecule has 4 nitrogen and oxygen atoms in total. The van der Waals surface area contributed by atoms with Gasteiger partial charge in [-0.2, -0.15) is 8.42 Å². The second kappa shape index (κ2) is 6.14. The maximum Gasteiger partial charge on any atom is 0.340 e. The lowest BCUT2D eigenvalue weighted by Gasteiger charge is -2.11. The quantitative estimate of drug-likeness (QED) is 0.495. The minimum Gasteiger partial charge on any atom is -0.378 e. The lowest BCUT2D eigenvalue weighted by Crippen LogP contribution is -2.11. The van der Waals surface area contributed by atoms with Crippen molar-refractivity contribution in [2.45, 2.75) is 4.90 Å². The highest BCUT2D eigenvalue weighted by Gasteiger charge is 2.21. The Morgan fingerprint density at radius 3 is 2.35 bits per heavy atom. The molecule has 116 valence electrons. The Bertz CT molecular complexity index is 996. The first kappa shape index (κ1) is 15.7. The van der Waals surface area contributed by atoms with Crippen molar-refractivity contribution in [3.8, 4) is 5.75 Å². The summed E-state index contributed by atoms with van der Waals surface area (Å²) in [5, 5.41) is 1.47. The fourth-order valence-corrected chi connectivity index (χ4v) is 4.18. The molecule has 0 unspecified atom stereocenters. The Hall–Kier alpha value is -2.18. The second-order valence-electron chi connectivity index (χ2n) is 4.78. The Balaban J connectivity index is 2.12. The molecule has 0 aliphatic heterocycles. The largest absolute Gasteiger partial charge is 0.378 e. The molecule has 0 radical (unpaired) electrons. The highest BCUT2D eigenvalue weighted by atomic mass is 79.9. The highest BCUT2D eigenvalue weighted by Crippen LogP contribution is 2.30. The average molecular weight is 391 g/mol. The summed E-state index contributed by atoms with van der Waals surface area (Å²) in [4.78, 5) is 11.5. The van der Waals surface area contributed by atoms with Crippen LogP contribution in [0.4, 0.5) is 0 Å². The minimum absolute atomic E-state index is 0.00464. The van der Waals surface area contributed by atoms with Crippen LogP contribution < -0.4 is 4.18 Å². The molecule has 0 amide bonds. The number of carbonyl (C=O) groups excluding carboxylic acids is 1. The predicted molar refractivity (Wildman–Crippen MR) is 91.3 cm³/mol. The van der Waals surface area contributed by atoms with E-state index in [0.717, 1.165) is 5.39 Å². The molecule has 3 aromatic rings. The molecule has 23 heavy (non-hydrogen) atoms. The third-order valence-corrected chi connectivity index (χ3v) is 5.60. The first-order valence-corrected chi connectivity index (χ1v) is 8.89. The zero-order valence-electron chi connectivity index (χ0n) is 11.8. The molecule has 6 heteroatoms. The number of aldehydes is 1. The van der Waals surface area contributed by atoms with E-state index in [1.807, 2.05) is 12.1 Å².